The lowest BCUT2D eigenvalue weighted by molar-refractivity contribution is -0.133. The van der Waals surface area contributed by atoms with Crippen molar-refractivity contribution in [3.05, 3.63) is 81.9 Å². The van der Waals surface area contributed by atoms with E-state index in [1.807, 2.05) is 0 Å². The molecule has 0 bridgehead atoms. The Labute approximate surface area is 169 Å². The maximum atomic E-state index is 11.7. The lowest BCUT2D eigenvalue weighted by Crippen LogP contribution is -2.22. The number of aliphatic carboxylic acids is 2. The van der Waals surface area contributed by atoms with Gasteiger partial charge in [-0.25, -0.2) is 19.6 Å². The topological polar surface area (TPSA) is 99.3 Å². The first-order valence-corrected chi connectivity index (χ1v) is 8.69. The molecular formula is C20H12Cl2N2O4. The zero-order valence-electron chi connectivity index (χ0n) is 14.1. The number of nitrogens with zero attached hydrogens (tertiary/aromatic N) is 2. The normalized spacial score (nSPS) is 16.6. The first-order chi connectivity index (χ1) is 13.4. The second kappa shape index (κ2) is 8.21. The van der Waals surface area contributed by atoms with Gasteiger partial charge in [-0.1, -0.05) is 47.5 Å². The third kappa shape index (κ3) is 4.19. The van der Waals surface area contributed by atoms with Gasteiger partial charge in [0.25, 0.3) is 0 Å². The fourth-order valence-electron chi connectivity index (χ4n) is 2.45. The smallest absolute Gasteiger partial charge is 0.337 e. The first-order valence-electron chi connectivity index (χ1n) is 7.94. The number of carbonyl (C=O) groups is 2. The van der Waals surface area contributed by atoms with Gasteiger partial charge < -0.3 is 10.2 Å². The number of benzene rings is 2. The number of aliphatic imine (C=N–C) groups is 2. The van der Waals surface area contributed by atoms with E-state index < -0.39 is 11.9 Å². The Morgan fingerprint density at radius 1 is 0.679 bits per heavy atom. The van der Waals surface area contributed by atoms with E-state index in [0.717, 1.165) is 12.2 Å². The summed E-state index contributed by atoms with van der Waals surface area (Å²) in [7, 11) is 0. The van der Waals surface area contributed by atoms with Gasteiger partial charge in [-0.3, -0.25) is 0 Å². The third-order valence-electron chi connectivity index (χ3n) is 3.76. The van der Waals surface area contributed by atoms with Crippen LogP contribution in [-0.2, 0) is 9.59 Å². The van der Waals surface area contributed by atoms with E-state index in [1.165, 1.54) is 0 Å². The van der Waals surface area contributed by atoms with Crippen LogP contribution in [0.4, 0.5) is 11.4 Å². The van der Waals surface area contributed by atoms with E-state index in [9.17, 15) is 19.8 Å². The van der Waals surface area contributed by atoms with Crippen LogP contribution in [0.1, 0.15) is 0 Å². The van der Waals surface area contributed by atoms with E-state index in [2.05, 4.69) is 9.98 Å². The van der Waals surface area contributed by atoms with Crippen molar-refractivity contribution in [1.29, 1.82) is 0 Å². The van der Waals surface area contributed by atoms with Gasteiger partial charge in [-0.05, 0) is 36.4 Å². The number of carboxylic acid groups (broad SMARTS) is 2. The van der Waals surface area contributed by atoms with Crippen LogP contribution in [0.5, 0.6) is 0 Å². The zero-order chi connectivity index (χ0) is 20.3. The van der Waals surface area contributed by atoms with Gasteiger partial charge in [-0.2, -0.15) is 0 Å². The highest BCUT2D eigenvalue weighted by atomic mass is 35.5. The zero-order valence-corrected chi connectivity index (χ0v) is 15.6. The Hall–Kier alpha value is -3.22. The molecule has 0 amide bonds. The molecule has 0 saturated heterocycles. The van der Waals surface area contributed by atoms with Crippen molar-refractivity contribution in [2.24, 2.45) is 9.98 Å². The molecule has 8 heteroatoms. The Morgan fingerprint density at radius 2 is 1.04 bits per heavy atom. The molecule has 3 rings (SSSR count). The first kappa shape index (κ1) is 19.5. The molecule has 2 aromatic rings. The fraction of sp³-hybridized carbons (Fsp3) is 0. The van der Waals surface area contributed by atoms with Crippen LogP contribution >= 0.6 is 23.2 Å². The molecule has 0 aromatic heterocycles. The molecular weight excluding hydrogens is 403 g/mol. The van der Waals surface area contributed by atoms with Gasteiger partial charge in [-0.15, -0.1) is 0 Å². The minimum Gasteiger partial charge on any atom is -0.478 e. The van der Waals surface area contributed by atoms with Crippen LogP contribution in [0, 0.1) is 0 Å². The SMILES string of the molecule is O=C(O)C1=CC(=Nc2ccccc2Cl)C(C(=O)O)=CC1=Nc1ccccc1Cl. The minimum atomic E-state index is -1.28. The third-order valence-corrected chi connectivity index (χ3v) is 4.40. The van der Waals surface area contributed by atoms with Crippen molar-refractivity contribution < 1.29 is 19.8 Å². The van der Waals surface area contributed by atoms with Crippen LogP contribution in [0.25, 0.3) is 0 Å². The summed E-state index contributed by atoms with van der Waals surface area (Å²) in [6.07, 6.45) is 2.32. The van der Waals surface area contributed by atoms with Crippen LogP contribution < -0.4 is 0 Å². The standard InChI is InChI=1S/C20H12Cl2N2O4/c21-13-5-1-3-7-15(13)23-17-9-12(20(27)28)18(10-11(17)19(25)26)24-16-8-4-2-6-14(16)22/h1-10H,(H,25,26)(H,27,28). The summed E-state index contributed by atoms with van der Waals surface area (Å²) in [4.78, 5) is 31.9. The Kier molecular flexibility index (Phi) is 5.73. The number of carboxylic acids is 2. The van der Waals surface area contributed by atoms with Crippen molar-refractivity contribution in [1.82, 2.24) is 0 Å². The molecule has 6 nitrogen and oxygen atoms in total. The molecule has 0 spiro atoms. The number of allylic oxidation sites excluding steroid dienone is 2. The quantitative estimate of drug-likeness (QED) is 0.696. The largest absolute Gasteiger partial charge is 0.478 e. The van der Waals surface area contributed by atoms with E-state index in [4.69, 9.17) is 23.2 Å². The van der Waals surface area contributed by atoms with Crippen LogP contribution in [0.15, 0.2) is 81.8 Å². The number of para-hydroxylation sites is 2. The summed E-state index contributed by atoms with van der Waals surface area (Å²) in [5, 5.41) is 19.8. The fourth-order valence-corrected chi connectivity index (χ4v) is 2.80. The molecule has 0 heterocycles. The molecule has 0 radical (unpaired) electrons. The van der Waals surface area contributed by atoms with Crippen molar-refractivity contribution in [3.8, 4) is 0 Å². The van der Waals surface area contributed by atoms with Gasteiger partial charge in [0.05, 0.1) is 44.0 Å². The summed E-state index contributed by atoms with van der Waals surface area (Å²) in [6.45, 7) is 0. The predicted molar refractivity (Wildman–Crippen MR) is 109 cm³/mol. The van der Waals surface area contributed by atoms with Gasteiger partial charge >= 0.3 is 11.9 Å². The monoisotopic (exact) mass is 414 g/mol. The average Bonchev–Trinajstić information content (AvgIpc) is 2.65. The summed E-state index contributed by atoms with van der Waals surface area (Å²) >= 11 is 12.1. The van der Waals surface area contributed by atoms with Gasteiger partial charge in [0.2, 0.25) is 0 Å². The molecule has 0 saturated carbocycles. The highest BCUT2D eigenvalue weighted by Gasteiger charge is 2.26. The Balaban J connectivity index is 2.18. The van der Waals surface area contributed by atoms with Crippen molar-refractivity contribution >= 4 is 57.9 Å². The summed E-state index contributed by atoms with van der Waals surface area (Å²) in [5.74, 6) is -2.56. The van der Waals surface area contributed by atoms with Crippen molar-refractivity contribution in [2.75, 3.05) is 0 Å². The van der Waals surface area contributed by atoms with Gasteiger partial charge in [0, 0.05) is 0 Å². The van der Waals surface area contributed by atoms with Gasteiger partial charge in [0.15, 0.2) is 0 Å². The second-order valence-corrected chi connectivity index (χ2v) is 6.44. The number of rotatable bonds is 4. The Bertz CT molecular complexity index is 1010. The molecule has 140 valence electrons. The van der Waals surface area contributed by atoms with Crippen LogP contribution in [-0.4, -0.2) is 33.6 Å². The average molecular weight is 415 g/mol. The van der Waals surface area contributed by atoms with E-state index in [-0.39, 0.29) is 22.6 Å². The molecule has 1 aliphatic rings. The predicted octanol–water partition coefficient (Wildman–Crippen LogP) is 4.87. The molecule has 0 fully saturated rings. The number of halogens is 2. The molecule has 0 unspecified atom stereocenters. The maximum Gasteiger partial charge on any atom is 0.337 e. The second-order valence-electron chi connectivity index (χ2n) is 5.62. The highest BCUT2D eigenvalue weighted by Crippen LogP contribution is 2.29. The molecule has 28 heavy (non-hydrogen) atoms. The lowest BCUT2D eigenvalue weighted by Gasteiger charge is -2.14. The summed E-state index contributed by atoms with van der Waals surface area (Å²) in [6, 6.07) is 13.2. The van der Waals surface area contributed by atoms with E-state index >= 15 is 0 Å². The molecule has 2 aromatic carbocycles. The molecule has 2 N–H and O–H groups in total. The van der Waals surface area contributed by atoms with Crippen LogP contribution in [0.3, 0.4) is 0 Å². The summed E-state index contributed by atoms with van der Waals surface area (Å²) < 4.78 is 0. The van der Waals surface area contributed by atoms with E-state index in [1.54, 1.807) is 48.5 Å². The van der Waals surface area contributed by atoms with Crippen molar-refractivity contribution in [3.63, 3.8) is 0 Å². The maximum absolute atomic E-state index is 11.7. The summed E-state index contributed by atoms with van der Waals surface area (Å²) in [5.41, 5.74) is 0.122. The molecule has 0 atom stereocenters. The lowest BCUT2D eigenvalue weighted by atomic mass is 9.95. The molecule has 1 aliphatic carbocycles. The van der Waals surface area contributed by atoms with Crippen LogP contribution in [0.2, 0.25) is 10.0 Å². The minimum absolute atomic E-state index is 0.0453. The van der Waals surface area contributed by atoms with Crippen molar-refractivity contribution in [2.45, 2.75) is 0 Å². The molecule has 0 aliphatic heterocycles. The van der Waals surface area contributed by atoms with E-state index in [0.29, 0.717) is 21.4 Å². The highest BCUT2D eigenvalue weighted by molar-refractivity contribution is 6.39. The number of hydrogen-bond donors (Lipinski definition) is 2. The number of hydrogen-bond acceptors (Lipinski definition) is 4. The Morgan fingerprint density at radius 3 is 1.36 bits per heavy atom. The van der Waals surface area contributed by atoms with Gasteiger partial charge in [0.1, 0.15) is 0 Å².